The lowest BCUT2D eigenvalue weighted by Gasteiger charge is -2.48. The van der Waals surface area contributed by atoms with Crippen molar-refractivity contribution in [2.45, 2.75) is 51.0 Å². The van der Waals surface area contributed by atoms with Crippen LogP contribution in [0.15, 0.2) is 0 Å². The Hall–Kier alpha value is -0.660. The van der Waals surface area contributed by atoms with Crippen LogP contribution < -0.4 is 5.73 Å². The Balaban J connectivity index is 1.46. The van der Waals surface area contributed by atoms with Crippen molar-refractivity contribution in [3.05, 3.63) is 0 Å². The number of hydrogen-bond donors (Lipinski definition) is 1. The molecule has 23 heavy (non-hydrogen) atoms. The molecule has 0 unspecified atom stereocenters. The van der Waals surface area contributed by atoms with Crippen LogP contribution in [0.25, 0.3) is 0 Å². The van der Waals surface area contributed by atoms with Gasteiger partial charge >= 0.3 is 0 Å². The smallest absolute Gasteiger partial charge is 0.243 e. The summed E-state index contributed by atoms with van der Waals surface area (Å²) in [6.07, 6.45) is 7.42. The lowest BCUT2D eigenvalue weighted by atomic mass is 9.59. The van der Waals surface area contributed by atoms with E-state index in [1.807, 2.05) is 0 Å². The summed E-state index contributed by atoms with van der Waals surface area (Å²) < 4.78 is 32.3. The van der Waals surface area contributed by atoms with Crippen molar-refractivity contribution in [3.8, 4) is 0 Å². The first-order chi connectivity index (χ1) is 11.0. The van der Waals surface area contributed by atoms with E-state index in [1.165, 1.54) is 25.7 Å². The predicted molar refractivity (Wildman–Crippen MR) is 87.1 cm³/mol. The molecule has 0 aromatic heterocycles. The second-order valence-electron chi connectivity index (χ2n) is 7.36. The summed E-state index contributed by atoms with van der Waals surface area (Å²) in [5.41, 5.74) is 5.07. The van der Waals surface area contributed by atoms with Gasteiger partial charge in [0.05, 0.1) is 11.9 Å². The van der Waals surface area contributed by atoms with Crippen molar-refractivity contribution in [1.29, 1.82) is 0 Å². The topological polar surface area (TPSA) is 89.7 Å². The minimum atomic E-state index is -3.16. The number of rotatable bonds is 6. The maximum Gasteiger partial charge on any atom is 0.243 e. The third kappa shape index (κ3) is 4.06. The Morgan fingerprint density at radius 1 is 1.13 bits per heavy atom. The third-order valence-electron chi connectivity index (χ3n) is 5.86. The SMILES string of the molecule is NC(=O)COC1CCN(S(=O)(=O)C[C@@H]2C[C@@H]3CCCC[C@@H]32)CC1. The van der Waals surface area contributed by atoms with Crippen molar-refractivity contribution in [1.82, 2.24) is 4.31 Å². The highest BCUT2D eigenvalue weighted by Crippen LogP contribution is 2.49. The zero-order valence-electron chi connectivity index (χ0n) is 13.7. The average Bonchev–Trinajstić information content (AvgIpc) is 2.51. The van der Waals surface area contributed by atoms with E-state index in [4.69, 9.17) is 10.5 Å². The fourth-order valence-corrected chi connectivity index (χ4v) is 6.46. The Bertz CT molecular complexity index is 528. The third-order valence-corrected chi connectivity index (χ3v) is 7.86. The summed E-state index contributed by atoms with van der Waals surface area (Å²) in [5.74, 6) is 1.65. The van der Waals surface area contributed by atoms with E-state index in [9.17, 15) is 13.2 Å². The normalized spacial score (nSPS) is 33.0. The number of nitrogens with two attached hydrogens (primary N) is 1. The van der Waals surface area contributed by atoms with E-state index in [1.54, 1.807) is 4.31 Å². The standard InChI is InChI=1S/C16H28N2O4S/c17-16(19)10-22-14-5-7-18(8-6-14)23(20,21)11-13-9-12-3-1-2-4-15(12)13/h12-15H,1-11H2,(H2,17,19)/t12-,13-,15-/m0/s1. The van der Waals surface area contributed by atoms with Crippen molar-refractivity contribution in [3.63, 3.8) is 0 Å². The molecule has 6 nitrogen and oxygen atoms in total. The van der Waals surface area contributed by atoms with Gasteiger partial charge in [0.15, 0.2) is 0 Å². The van der Waals surface area contributed by atoms with Crippen LogP contribution in [0.4, 0.5) is 0 Å². The number of amides is 1. The van der Waals surface area contributed by atoms with Gasteiger partial charge in [-0.25, -0.2) is 12.7 Å². The van der Waals surface area contributed by atoms with Crippen LogP contribution in [0.1, 0.15) is 44.9 Å². The van der Waals surface area contributed by atoms with Gasteiger partial charge in [0.1, 0.15) is 6.61 Å². The van der Waals surface area contributed by atoms with Gasteiger partial charge in [0, 0.05) is 13.1 Å². The van der Waals surface area contributed by atoms with Crippen molar-refractivity contribution < 1.29 is 17.9 Å². The molecule has 0 radical (unpaired) electrons. The van der Waals surface area contributed by atoms with Gasteiger partial charge in [0.25, 0.3) is 0 Å². The first-order valence-corrected chi connectivity index (χ1v) is 10.4. The Morgan fingerprint density at radius 3 is 2.48 bits per heavy atom. The number of nitrogens with zero attached hydrogens (tertiary/aromatic N) is 1. The minimum Gasteiger partial charge on any atom is -0.368 e. The molecule has 2 N–H and O–H groups in total. The molecule has 7 heteroatoms. The number of primary amides is 1. The van der Waals surface area contributed by atoms with E-state index < -0.39 is 15.9 Å². The Kier molecular flexibility index (Phi) is 5.28. The van der Waals surface area contributed by atoms with Crippen LogP contribution in [0, 0.1) is 17.8 Å². The quantitative estimate of drug-likeness (QED) is 0.781. The molecule has 0 spiro atoms. The van der Waals surface area contributed by atoms with Crippen LogP contribution in [-0.2, 0) is 19.6 Å². The molecule has 1 saturated heterocycles. The lowest BCUT2D eigenvalue weighted by Crippen LogP contribution is -2.48. The Labute approximate surface area is 138 Å². The summed E-state index contributed by atoms with van der Waals surface area (Å²) in [6.45, 7) is 0.904. The van der Waals surface area contributed by atoms with E-state index in [0.29, 0.717) is 43.5 Å². The molecule has 3 fully saturated rings. The van der Waals surface area contributed by atoms with Crippen LogP contribution in [-0.4, -0.2) is 50.2 Å². The molecule has 1 amide bonds. The first-order valence-electron chi connectivity index (χ1n) is 8.83. The van der Waals surface area contributed by atoms with Crippen LogP contribution in [0.3, 0.4) is 0 Å². The molecule has 0 aromatic rings. The van der Waals surface area contributed by atoms with E-state index >= 15 is 0 Å². The average molecular weight is 344 g/mol. The molecule has 3 atom stereocenters. The van der Waals surface area contributed by atoms with Crippen molar-refractivity contribution in [2.75, 3.05) is 25.4 Å². The first kappa shape index (κ1) is 17.2. The zero-order valence-corrected chi connectivity index (χ0v) is 14.5. The highest BCUT2D eigenvalue weighted by Gasteiger charge is 2.44. The van der Waals surface area contributed by atoms with Gasteiger partial charge in [-0.1, -0.05) is 19.3 Å². The molecule has 0 aromatic carbocycles. The lowest BCUT2D eigenvalue weighted by molar-refractivity contribution is -0.125. The maximum atomic E-state index is 12.6. The molecule has 2 aliphatic carbocycles. The van der Waals surface area contributed by atoms with Gasteiger partial charge < -0.3 is 10.5 Å². The molecular formula is C16H28N2O4S. The van der Waals surface area contributed by atoms with Gasteiger partial charge in [-0.3, -0.25) is 4.79 Å². The molecule has 132 valence electrons. The summed E-state index contributed by atoms with van der Waals surface area (Å²) in [5, 5.41) is 0. The number of ether oxygens (including phenoxy) is 1. The van der Waals surface area contributed by atoms with E-state index in [-0.39, 0.29) is 12.7 Å². The van der Waals surface area contributed by atoms with Gasteiger partial charge in [-0.15, -0.1) is 0 Å². The van der Waals surface area contributed by atoms with Gasteiger partial charge in [-0.05, 0) is 43.4 Å². The highest BCUT2D eigenvalue weighted by molar-refractivity contribution is 7.89. The number of fused-ring (bicyclic) bond motifs is 1. The summed E-state index contributed by atoms with van der Waals surface area (Å²) in [4.78, 5) is 10.7. The molecular weight excluding hydrogens is 316 g/mol. The van der Waals surface area contributed by atoms with Crippen molar-refractivity contribution in [2.24, 2.45) is 23.5 Å². The van der Waals surface area contributed by atoms with Gasteiger partial charge in [0.2, 0.25) is 15.9 Å². The summed E-state index contributed by atoms with van der Waals surface area (Å²) in [7, 11) is -3.16. The molecule has 1 heterocycles. The fourth-order valence-electron chi connectivity index (χ4n) is 4.56. The molecule has 3 rings (SSSR count). The number of carbonyl (C=O) groups excluding carboxylic acids is 1. The molecule has 2 saturated carbocycles. The monoisotopic (exact) mass is 344 g/mol. The number of piperidine rings is 1. The number of sulfonamides is 1. The second-order valence-corrected chi connectivity index (χ2v) is 9.37. The van der Waals surface area contributed by atoms with E-state index in [2.05, 4.69) is 0 Å². The van der Waals surface area contributed by atoms with Crippen LogP contribution in [0.2, 0.25) is 0 Å². The fraction of sp³-hybridized carbons (Fsp3) is 0.938. The number of hydrogen-bond acceptors (Lipinski definition) is 4. The second kappa shape index (κ2) is 7.07. The van der Waals surface area contributed by atoms with Crippen molar-refractivity contribution >= 4 is 15.9 Å². The predicted octanol–water partition coefficient (Wildman–Crippen LogP) is 1.11. The number of carbonyl (C=O) groups is 1. The highest BCUT2D eigenvalue weighted by atomic mass is 32.2. The maximum absolute atomic E-state index is 12.6. The minimum absolute atomic E-state index is 0.0552. The largest absolute Gasteiger partial charge is 0.368 e. The molecule has 0 bridgehead atoms. The Morgan fingerprint density at radius 2 is 1.83 bits per heavy atom. The summed E-state index contributed by atoms with van der Waals surface area (Å²) in [6, 6.07) is 0. The summed E-state index contributed by atoms with van der Waals surface area (Å²) >= 11 is 0. The zero-order chi connectivity index (χ0) is 16.4. The van der Waals surface area contributed by atoms with Crippen LogP contribution >= 0.6 is 0 Å². The molecule has 1 aliphatic heterocycles. The van der Waals surface area contributed by atoms with E-state index in [0.717, 1.165) is 12.3 Å². The van der Waals surface area contributed by atoms with Crippen LogP contribution in [0.5, 0.6) is 0 Å². The van der Waals surface area contributed by atoms with Gasteiger partial charge in [-0.2, -0.15) is 0 Å². The molecule has 3 aliphatic rings.